The van der Waals surface area contributed by atoms with E-state index in [-0.39, 0.29) is 22.9 Å². The lowest BCUT2D eigenvalue weighted by atomic mass is 10.1. The molecular weight excluding hydrogens is 563 g/mol. The number of nitrogens with one attached hydrogen (secondary N) is 4. The van der Waals surface area contributed by atoms with Crippen LogP contribution in [0.2, 0.25) is 0 Å². The number of aryl methyl sites for hydroxylation is 4. The minimum absolute atomic E-state index is 0.245. The number of hydrogen-bond donors (Lipinski definition) is 4. The maximum absolute atomic E-state index is 13.4. The van der Waals surface area contributed by atoms with Gasteiger partial charge in [0, 0.05) is 47.8 Å². The van der Waals surface area contributed by atoms with Crippen molar-refractivity contribution in [2.45, 2.75) is 34.1 Å². The lowest BCUT2D eigenvalue weighted by Gasteiger charge is -2.13. The molecule has 4 heterocycles. The number of halogens is 1. The molecule has 6 rings (SSSR count). The van der Waals surface area contributed by atoms with Gasteiger partial charge < -0.3 is 10.6 Å². The van der Waals surface area contributed by atoms with E-state index in [2.05, 4.69) is 35.8 Å². The van der Waals surface area contributed by atoms with E-state index in [0.29, 0.717) is 46.8 Å². The predicted molar refractivity (Wildman–Crippen MR) is 165 cm³/mol. The van der Waals surface area contributed by atoms with E-state index in [1.54, 1.807) is 23.7 Å². The van der Waals surface area contributed by atoms with Gasteiger partial charge in [-0.3, -0.25) is 19.6 Å². The molecule has 6 aromatic rings. The largest absolute Gasteiger partial charge is 0.340 e. The molecule has 0 atom stereocenters. The Bertz CT molecular complexity index is 2110. The van der Waals surface area contributed by atoms with Crippen molar-refractivity contribution in [3.05, 3.63) is 127 Å². The summed E-state index contributed by atoms with van der Waals surface area (Å²) in [6.07, 6.45) is 0.373. The summed E-state index contributed by atoms with van der Waals surface area (Å²) in [5, 5.41) is 15.6. The minimum Gasteiger partial charge on any atom is -0.340 e. The second kappa shape index (κ2) is 11.4. The summed E-state index contributed by atoms with van der Waals surface area (Å²) in [5.74, 6) is 1.40. The summed E-state index contributed by atoms with van der Waals surface area (Å²) in [6.45, 7) is 7.41. The lowest BCUT2D eigenvalue weighted by Crippen LogP contribution is -2.16. The summed E-state index contributed by atoms with van der Waals surface area (Å²) < 4.78 is 16.5. The molecule has 12 nitrogen and oxygen atoms in total. The Morgan fingerprint density at radius 1 is 0.705 bits per heavy atom. The van der Waals surface area contributed by atoms with Crippen LogP contribution in [-0.2, 0) is 6.42 Å². The fourth-order valence-electron chi connectivity index (χ4n) is 4.79. The summed E-state index contributed by atoms with van der Waals surface area (Å²) in [4.78, 5) is 39.4. The van der Waals surface area contributed by atoms with Crippen LogP contribution in [0.15, 0.2) is 76.3 Å². The molecule has 44 heavy (non-hydrogen) atoms. The minimum atomic E-state index is -0.339. The second-order valence-electron chi connectivity index (χ2n) is 10.5. The molecule has 0 fully saturated rings. The van der Waals surface area contributed by atoms with Crippen LogP contribution in [0.5, 0.6) is 0 Å². The first kappa shape index (κ1) is 28.3. The first-order valence-corrected chi connectivity index (χ1v) is 13.8. The average molecular weight is 593 g/mol. The van der Waals surface area contributed by atoms with Crippen molar-refractivity contribution in [1.29, 1.82) is 0 Å². The molecule has 0 aliphatic heterocycles. The Labute approximate surface area is 250 Å². The Hall–Kier alpha value is -5.85. The van der Waals surface area contributed by atoms with Crippen LogP contribution < -0.4 is 21.8 Å². The molecular formula is C31H29FN10O2. The van der Waals surface area contributed by atoms with Gasteiger partial charge in [0.05, 0.1) is 17.1 Å². The van der Waals surface area contributed by atoms with Gasteiger partial charge in [-0.05, 0) is 69.2 Å². The standard InChI is InChI=1S/C31H29FN10O2/c1-17-5-6-21(15-25(17)36-27-12-20(4)40-42(27)30-33-18(2)13-28(43)37-30)14-24-16-29(44)38-31(35-24)41-26(11-19(3)39-41)34-23-9-7-22(32)8-10-23/h5-13,15-16,34,36H,14H2,1-4H3,(H,33,37,43)(H,35,38,44). The summed E-state index contributed by atoms with van der Waals surface area (Å²) >= 11 is 0. The topological polar surface area (TPSA) is 151 Å². The fourth-order valence-corrected chi connectivity index (χ4v) is 4.79. The monoisotopic (exact) mass is 592 g/mol. The van der Waals surface area contributed by atoms with Crippen molar-refractivity contribution >= 4 is 23.0 Å². The normalized spacial score (nSPS) is 11.1. The van der Waals surface area contributed by atoms with Crippen LogP contribution in [-0.4, -0.2) is 39.5 Å². The average Bonchev–Trinajstić information content (AvgIpc) is 3.52. The highest BCUT2D eigenvalue weighted by molar-refractivity contribution is 5.63. The highest BCUT2D eigenvalue weighted by atomic mass is 19.1. The number of rotatable bonds is 8. The van der Waals surface area contributed by atoms with E-state index < -0.39 is 0 Å². The SMILES string of the molecule is Cc1cc(=O)[nH]c(-n2nc(C)cc2Nc2cc(Cc3cc(=O)[nH]c(-n4nc(C)cc4Nc4ccc(F)cc4)n3)ccc2C)n1. The highest BCUT2D eigenvalue weighted by Crippen LogP contribution is 2.25. The van der Waals surface area contributed by atoms with Crippen molar-refractivity contribution in [1.82, 2.24) is 39.5 Å². The van der Waals surface area contributed by atoms with Gasteiger partial charge in [0.2, 0.25) is 11.9 Å². The zero-order valence-corrected chi connectivity index (χ0v) is 24.4. The van der Waals surface area contributed by atoms with E-state index in [9.17, 15) is 14.0 Å². The van der Waals surface area contributed by atoms with Gasteiger partial charge in [-0.25, -0.2) is 14.4 Å². The van der Waals surface area contributed by atoms with Gasteiger partial charge in [-0.15, -0.1) is 0 Å². The summed E-state index contributed by atoms with van der Waals surface area (Å²) in [7, 11) is 0. The maximum Gasteiger partial charge on any atom is 0.252 e. The quantitative estimate of drug-likeness (QED) is 0.199. The summed E-state index contributed by atoms with van der Waals surface area (Å²) in [6, 6.07) is 18.4. The van der Waals surface area contributed by atoms with E-state index in [0.717, 1.165) is 22.5 Å². The number of H-pyrrole nitrogens is 2. The van der Waals surface area contributed by atoms with E-state index in [1.165, 1.54) is 28.9 Å². The zero-order valence-electron chi connectivity index (χ0n) is 24.4. The third-order valence-corrected chi connectivity index (χ3v) is 6.77. The Morgan fingerprint density at radius 2 is 1.32 bits per heavy atom. The number of hydrogen-bond acceptors (Lipinski definition) is 8. The number of anilines is 4. The van der Waals surface area contributed by atoms with Crippen LogP contribution in [0, 0.1) is 33.5 Å². The molecule has 0 saturated carbocycles. The molecule has 13 heteroatoms. The van der Waals surface area contributed by atoms with Gasteiger partial charge >= 0.3 is 0 Å². The molecule has 0 bridgehead atoms. The van der Waals surface area contributed by atoms with Crippen molar-refractivity contribution in [2.24, 2.45) is 0 Å². The van der Waals surface area contributed by atoms with Gasteiger partial charge in [0.25, 0.3) is 11.1 Å². The van der Waals surface area contributed by atoms with Gasteiger partial charge in [-0.2, -0.15) is 19.6 Å². The van der Waals surface area contributed by atoms with Gasteiger partial charge in [0.15, 0.2) is 0 Å². The van der Waals surface area contributed by atoms with Crippen molar-refractivity contribution in [3.8, 4) is 11.9 Å². The molecule has 222 valence electrons. The Balaban J connectivity index is 1.28. The first-order chi connectivity index (χ1) is 21.1. The third kappa shape index (κ3) is 6.16. The smallest absolute Gasteiger partial charge is 0.252 e. The molecule has 0 unspecified atom stereocenters. The maximum atomic E-state index is 13.4. The Morgan fingerprint density at radius 3 is 1.98 bits per heavy atom. The Kier molecular flexibility index (Phi) is 7.35. The molecule has 0 aliphatic rings. The molecule has 4 N–H and O–H groups in total. The predicted octanol–water partition coefficient (Wildman–Crippen LogP) is 4.68. The van der Waals surface area contributed by atoms with Gasteiger partial charge in [0.1, 0.15) is 17.5 Å². The van der Waals surface area contributed by atoms with Crippen LogP contribution in [0.25, 0.3) is 11.9 Å². The van der Waals surface area contributed by atoms with Crippen LogP contribution >= 0.6 is 0 Å². The summed E-state index contributed by atoms with van der Waals surface area (Å²) in [5.41, 5.74) is 5.35. The van der Waals surface area contributed by atoms with Gasteiger partial charge in [-0.1, -0.05) is 12.1 Å². The number of aromatic nitrogens is 8. The molecule has 4 aromatic heterocycles. The van der Waals surface area contributed by atoms with Crippen molar-refractivity contribution in [3.63, 3.8) is 0 Å². The molecule has 0 radical (unpaired) electrons. The van der Waals surface area contributed by atoms with Crippen molar-refractivity contribution in [2.75, 3.05) is 10.6 Å². The number of aromatic amines is 2. The highest BCUT2D eigenvalue weighted by Gasteiger charge is 2.15. The number of benzene rings is 2. The third-order valence-electron chi connectivity index (χ3n) is 6.77. The molecule has 2 aromatic carbocycles. The molecule has 0 saturated heterocycles. The van der Waals surface area contributed by atoms with Crippen LogP contribution in [0.4, 0.5) is 27.4 Å². The zero-order chi connectivity index (χ0) is 31.0. The van der Waals surface area contributed by atoms with E-state index >= 15 is 0 Å². The first-order valence-electron chi connectivity index (χ1n) is 13.8. The molecule has 0 amide bonds. The van der Waals surface area contributed by atoms with Crippen LogP contribution in [0.3, 0.4) is 0 Å². The molecule has 0 spiro atoms. The lowest BCUT2D eigenvalue weighted by molar-refractivity contribution is 0.628. The van der Waals surface area contributed by atoms with E-state index in [4.69, 9.17) is 4.98 Å². The second-order valence-corrected chi connectivity index (χ2v) is 10.5. The van der Waals surface area contributed by atoms with E-state index in [1.807, 2.05) is 51.1 Å². The fraction of sp³-hybridized carbons (Fsp3) is 0.161. The van der Waals surface area contributed by atoms with Crippen molar-refractivity contribution < 1.29 is 4.39 Å². The van der Waals surface area contributed by atoms with Crippen LogP contribution in [0.1, 0.15) is 33.9 Å². The number of nitrogens with zero attached hydrogens (tertiary/aromatic N) is 6. The molecule has 0 aliphatic carbocycles.